The number of carbonyl (C=O) groups is 1. The zero-order chi connectivity index (χ0) is 15.1. The van der Waals surface area contributed by atoms with Crippen molar-refractivity contribution in [2.75, 3.05) is 20.1 Å². The first-order valence-electron chi connectivity index (χ1n) is 7.01. The highest BCUT2D eigenvalue weighted by Crippen LogP contribution is 2.38. The number of nitro groups is 1. The fraction of sp³-hybridized carbons (Fsp3) is 0.615. The number of rotatable bonds is 4. The third-order valence-corrected chi connectivity index (χ3v) is 4.17. The lowest BCUT2D eigenvalue weighted by molar-refractivity contribution is -0.384. The number of aromatic nitrogens is 1. The van der Waals surface area contributed by atoms with E-state index in [1.807, 2.05) is 0 Å². The monoisotopic (exact) mass is 294 g/mol. The molecule has 1 saturated heterocycles. The van der Waals surface area contributed by atoms with E-state index in [1.165, 1.54) is 17.2 Å². The number of aliphatic hydroxyl groups excluding tert-OH is 1. The number of β-amino-alcohol motifs (C(OH)–C–C–N with tert-alkyl or cyclic N) is 1. The highest BCUT2D eigenvalue weighted by Gasteiger charge is 2.35. The van der Waals surface area contributed by atoms with Crippen LogP contribution < -0.4 is 5.32 Å². The molecule has 1 aromatic heterocycles. The maximum absolute atomic E-state index is 12.6. The van der Waals surface area contributed by atoms with Gasteiger partial charge in [-0.15, -0.1) is 0 Å². The molecule has 0 unspecified atom stereocenters. The number of aliphatic hydroxyl groups is 1. The summed E-state index contributed by atoms with van der Waals surface area (Å²) < 4.78 is 1.70. The predicted molar refractivity (Wildman–Crippen MR) is 74.1 cm³/mol. The van der Waals surface area contributed by atoms with Gasteiger partial charge in [0, 0.05) is 32.2 Å². The first-order valence-corrected chi connectivity index (χ1v) is 7.01. The van der Waals surface area contributed by atoms with Crippen molar-refractivity contribution in [1.29, 1.82) is 0 Å². The Morgan fingerprint density at radius 3 is 2.76 bits per heavy atom. The van der Waals surface area contributed by atoms with Gasteiger partial charge in [-0.05, 0) is 12.8 Å². The molecule has 8 heteroatoms. The van der Waals surface area contributed by atoms with E-state index in [4.69, 9.17) is 0 Å². The van der Waals surface area contributed by atoms with Gasteiger partial charge in [-0.1, -0.05) is 0 Å². The first kappa shape index (κ1) is 14.0. The fourth-order valence-electron chi connectivity index (χ4n) is 2.77. The normalized spacial score (nSPS) is 25.0. The minimum absolute atomic E-state index is 0.0660. The van der Waals surface area contributed by atoms with E-state index in [2.05, 4.69) is 5.32 Å². The van der Waals surface area contributed by atoms with Crippen molar-refractivity contribution in [1.82, 2.24) is 14.8 Å². The summed E-state index contributed by atoms with van der Waals surface area (Å²) in [5, 5.41) is 23.8. The third-order valence-electron chi connectivity index (χ3n) is 4.17. The van der Waals surface area contributed by atoms with E-state index >= 15 is 0 Å². The molecule has 21 heavy (non-hydrogen) atoms. The molecule has 2 fully saturated rings. The van der Waals surface area contributed by atoms with Crippen molar-refractivity contribution in [3.8, 4) is 0 Å². The molecule has 1 aromatic rings. The van der Waals surface area contributed by atoms with E-state index in [0.29, 0.717) is 18.8 Å². The molecule has 2 atom stereocenters. The number of amides is 1. The van der Waals surface area contributed by atoms with Gasteiger partial charge < -0.3 is 19.9 Å². The second-order valence-corrected chi connectivity index (χ2v) is 5.69. The fourth-order valence-corrected chi connectivity index (χ4v) is 2.77. The first-order chi connectivity index (χ1) is 9.99. The molecule has 0 radical (unpaired) electrons. The summed E-state index contributed by atoms with van der Waals surface area (Å²) in [5.41, 5.74) is 0.259. The van der Waals surface area contributed by atoms with Crippen molar-refractivity contribution < 1.29 is 14.8 Å². The van der Waals surface area contributed by atoms with Crippen LogP contribution in [0.1, 0.15) is 29.4 Å². The van der Waals surface area contributed by atoms with Crippen LogP contribution in [0.5, 0.6) is 0 Å². The Labute approximate surface area is 121 Å². The summed E-state index contributed by atoms with van der Waals surface area (Å²) in [6, 6.07) is 1.20. The molecule has 2 heterocycles. The van der Waals surface area contributed by atoms with E-state index in [0.717, 1.165) is 12.8 Å². The molecule has 1 saturated carbocycles. The predicted octanol–water partition coefficient (Wildman–Crippen LogP) is 0.136. The smallest absolute Gasteiger partial charge is 0.287 e. The lowest BCUT2D eigenvalue weighted by atomic mass is 10.2. The van der Waals surface area contributed by atoms with Crippen LogP contribution in [0, 0.1) is 10.1 Å². The van der Waals surface area contributed by atoms with Gasteiger partial charge >= 0.3 is 0 Å². The van der Waals surface area contributed by atoms with Crippen molar-refractivity contribution in [2.24, 2.45) is 0 Å². The lowest BCUT2D eigenvalue weighted by Gasteiger charge is -2.26. The molecule has 1 aliphatic carbocycles. The average Bonchev–Trinajstić information content (AvgIpc) is 3.05. The SMILES string of the molecule is CN(C(=O)c1cc([N+](=O)[O-])cn1C1CC1)[C@H]1CNC[C@@H]1O. The zero-order valence-electron chi connectivity index (χ0n) is 11.7. The molecule has 3 rings (SSSR count). The van der Waals surface area contributed by atoms with Crippen molar-refractivity contribution in [2.45, 2.75) is 31.0 Å². The minimum atomic E-state index is -0.613. The van der Waals surface area contributed by atoms with Crippen LogP contribution in [0.25, 0.3) is 0 Å². The van der Waals surface area contributed by atoms with Crippen molar-refractivity contribution in [3.63, 3.8) is 0 Å². The van der Waals surface area contributed by atoms with Gasteiger partial charge in [0.05, 0.1) is 23.3 Å². The summed E-state index contributed by atoms with van der Waals surface area (Å²) in [6.45, 7) is 0.974. The lowest BCUT2D eigenvalue weighted by Crippen LogP contribution is -2.44. The van der Waals surface area contributed by atoms with Crippen LogP contribution in [0.15, 0.2) is 12.3 Å². The average molecular weight is 294 g/mol. The van der Waals surface area contributed by atoms with E-state index in [-0.39, 0.29) is 23.7 Å². The molecule has 0 bridgehead atoms. The molecular weight excluding hydrogens is 276 g/mol. The van der Waals surface area contributed by atoms with Gasteiger partial charge in [0.15, 0.2) is 0 Å². The van der Waals surface area contributed by atoms with Gasteiger partial charge in [-0.25, -0.2) is 0 Å². The van der Waals surface area contributed by atoms with Gasteiger partial charge in [-0.2, -0.15) is 0 Å². The maximum atomic E-state index is 12.6. The summed E-state index contributed by atoms with van der Waals surface area (Å²) in [7, 11) is 1.62. The topological polar surface area (TPSA) is 101 Å². The van der Waals surface area contributed by atoms with Crippen molar-refractivity contribution >= 4 is 11.6 Å². The highest BCUT2D eigenvalue weighted by molar-refractivity contribution is 5.93. The van der Waals surface area contributed by atoms with Crippen LogP contribution in [-0.2, 0) is 0 Å². The second-order valence-electron chi connectivity index (χ2n) is 5.69. The Kier molecular flexibility index (Phi) is 3.42. The zero-order valence-corrected chi connectivity index (χ0v) is 11.7. The number of nitrogens with one attached hydrogen (secondary N) is 1. The van der Waals surface area contributed by atoms with Gasteiger partial charge in [0.1, 0.15) is 5.69 Å². The number of carbonyl (C=O) groups excluding carboxylic acids is 1. The molecule has 8 nitrogen and oxygen atoms in total. The molecule has 2 N–H and O–H groups in total. The third kappa shape index (κ3) is 2.52. The van der Waals surface area contributed by atoms with E-state index in [1.54, 1.807) is 11.6 Å². The van der Waals surface area contributed by atoms with Crippen LogP contribution in [-0.4, -0.2) is 57.7 Å². The number of nitrogens with zero attached hydrogens (tertiary/aromatic N) is 3. The van der Waals surface area contributed by atoms with Crippen LogP contribution in [0.2, 0.25) is 0 Å². The summed E-state index contributed by atoms with van der Waals surface area (Å²) in [4.78, 5) is 24.5. The Balaban J connectivity index is 1.88. The Morgan fingerprint density at radius 2 is 2.24 bits per heavy atom. The van der Waals surface area contributed by atoms with Gasteiger partial charge in [0.2, 0.25) is 0 Å². The molecule has 0 spiro atoms. The second kappa shape index (κ2) is 5.12. The molecular formula is C13H18N4O4. The molecule has 1 amide bonds. The number of likely N-dealkylation sites (N-methyl/N-ethyl adjacent to an activating group) is 1. The Bertz CT molecular complexity index is 581. The van der Waals surface area contributed by atoms with Crippen LogP contribution in [0.3, 0.4) is 0 Å². The summed E-state index contributed by atoms with van der Waals surface area (Å²) >= 11 is 0. The van der Waals surface area contributed by atoms with Gasteiger partial charge in [-0.3, -0.25) is 14.9 Å². The molecule has 1 aliphatic heterocycles. The maximum Gasteiger partial charge on any atom is 0.287 e. The minimum Gasteiger partial charge on any atom is -0.390 e. The van der Waals surface area contributed by atoms with Crippen LogP contribution in [0.4, 0.5) is 5.69 Å². The summed E-state index contributed by atoms with van der Waals surface area (Å²) in [5.74, 6) is -0.289. The molecule has 114 valence electrons. The Hall–Kier alpha value is -1.93. The molecule has 2 aliphatic rings. The Morgan fingerprint density at radius 1 is 1.52 bits per heavy atom. The highest BCUT2D eigenvalue weighted by atomic mass is 16.6. The quantitative estimate of drug-likeness (QED) is 0.607. The summed E-state index contributed by atoms with van der Waals surface area (Å²) in [6.07, 6.45) is 2.69. The van der Waals surface area contributed by atoms with E-state index < -0.39 is 11.0 Å². The largest absolute Gasteiger partial charge is 0.390 e. The van der Waals surface area contributed by atoms with Crippen LogP contribution >= 0.6 is 0 Å². The van der Waals surface area contributed by atoms with E-state index in [9.17, 15) is 20.0 Å². The standard InChI is InChI=1S/C13H18N4O4/c1-15(11-5-14-6-12(11)18)13(19)10-4-9(17(20)21)7-16(10)8-2-3-8/h4,7-8,11-12,14,18H,2-3,5-6H2,1H3/t11-,12-/m0/s1. The van der Waals surface area contributed by atoms with Gasteiger partial charge in [0.25, 0.3) is 11.6 Å². The van der Waals surface area contributed by atoms with Crippen molar-refractivity contribution in [3.05, 3.63) is 28.1 Å². The number of hydrogen-bond acceptors (Lipinski definition) is 5. The number of hydrogen-bond donors (Lipinski definition) is 2. The molecule has 0 aromatic carbocycles.